The molecule has 0 aromatic carbocycles. The Kier molecular flexibility index (Phi) is 6.40. The second-order valence-corrected chi connectivity index (χ2v) is 5.06. The van der Waals surface area contributed by atoms with E-state index in [2.05, 4.69) is 13.8 Å². The molecule has 3 heteroatoms. The summed E-state index contributed by atoms with van der Waals surface area (Å²) in [6, 6.07) is 1.95. The minimum absolute atomic E-state index is 0.304. The van der Waals surface area contributed by atoms with Gasteiger partial charge in [0.2, 0.25) is 0 Å². The zero-order valence-electron chi connectivity index (χ0n) is 12.1. The summed E-state index contributed by atoms with van der Waals surface area (Å²) >= 11 is 0. The zero-order valence-corrected chi connectivity index (χ0v) is 12.1. The van der Waals surface area contributed by atoms with Crippen LogP contribution >= 0.6 is 0 Å². The highest BCUT2D eigenvalue weighted by Gasteiger charge is 2.12. The van der Waals surface area contributed by atoms with E-state index in [1.54, 1.807) is 19.3 Å². The maximum Gasteiger partial charge on any atom is 0.331 e. The summed E-state index contributed by atoms with van der Waals surface area (Å²) < 4.78 is 5.40. The van der Waals surface area contributed by atoms with Crippen molar-refractivity contribution >= 4 is 12.0 Å². The van der Waals surface area contributed by atoms with E-state index < -0.39 is 5.97 Å². The molecule has 0 radical (unpaired) electrons. The maximum absolute atomic E-state index is 10.8. The standard InChI is InChI=1S/C16H24O3/c1-4-6-7-13(5-2)11-14-8-9-19-15(14)10-12(3)16(17)18/h8-10,13H,4-7,11H2,1-3H3,(H,17,18). The van der Waals surface area contributed by atoms with Crippen LogP contribution in [0.4, 0.5) is 0 Å². The van der Waals surface area contributed by atoms with Crippen LogP contribution in [0.1, 0.15) is 57.8 Å². The summed E-state index contributed by atoms with van der Waals surface area (Å²) in [5.74, 6) is 0.435. The molecule has 0 aliphatic heterocycles. The molecule has 0 bridgehead atoms. The van der Waals surface area contributed by atoms with Gasteiger partial charge in [0.25, 0.3) is 0 Å². The molecule has 1 aromatic heterocycles. The Bertz CT molecular complexity index is 429. The third-order valence-electron chi connectivity index (χ3n) is 3.52. The lowest BCUT2D eigenvalue weighted by atomic mass is 9.92. The predicted octanol–water partition coefficient (Wildman–Crippen LogP) is 4.53. The Hall–Kier alpha value is -1.51. The highest BCUT2D eigenvalue weighted by molar-refractivity contribution is 5.91. The molecule has 0 fully saturated rings. The number of rotatable bonds is 8. The van der Waals surface area contributed by atoms with E-state index in [-0.39, 0.29) is 0 Å². The van der Waals surface area contributed by atoms with Crippen LogP contribution in [0.15, 0.2) is 22.3 Å². The summed E-state index contributed by atoms with van der Waals surface area (Å²) in [5.41, 5.74) is 1.42. The van der Waals surface area contributed by atoms with Crippen molar-refractivity contribution in [2.24, 2.45) is 5.92 Å². The van der Waals surface area contributed by atoms with E-state index >= 15 is 0 Å². The van der Waals surface area contributed by atoms with E-state index in [1.807, 2.05) is 6.07 Å². The summed E-state index contributed by atoms with van der Waals surface area (Å²) in [5, 5.41) is 8.91. The number of hydrogen-bond acceptors (Lipinski definition) is 2. The molecule has 0 spiro atoms. The first kappa shape index (κ1) is 15.5. The molecule has 0 amide bonds. The number of hydrogen-bond donors (Lipinski definition) is 1. The van der Waals surface area contributed by atoms with E-state index in [9.17, 15) is 4.79 Å². The molecule has 0 saturated carbocycles. The summed E-state index contributed by atoms with van der Waals surface area (Å²) in [7, 11) is 0. The van der Waals surface area contributed by atoms with E-state index in [0.717, 1.165) is 18.4 Å². The minimum Gasteiger partial charge on any atom is -0.478 e. The number of carbonyl (C=O) groups is 1. The molecular weight excluding hydrogens is 240 g/mol. The lowest BCUT2D eigenvalue weighted by molar-refractivity contribution is -0.132. The minimum atomic E-state index is -0.902. The van der Waals surface area contributed by atoms with Crippen molar-refractivity contribution in [1.82, 2.24) is 0 Å². The van der Waals surface area contributed by atoms with Gasteiger partial charge in [-0.15, -0.1) is 0 Å². The van der Waals surface area contributed by atoms with Crippen molar-refractivity contribution in [1.29, 1.82) is 0 Å². The molecule has 1 N–H and O–H groups in total. The van der Waals surface area contributed by atoms with Gasteiger partial charge in [-0.25, -0.2) is 4.79 Å². The Balaban J connectivity index is 2.76. The number of unbranched alkanes of at least 4 members (excludes halogenated alkanes) is 1. The van der Waals surface area contributed by atoms with Crippen LogP contribution in [0.5, 0.6) is 0 Å². The monoisotopic (exact) mass is 264 g/mol. The largest absolute Gasteiger partial charge is 0.478 e. The zero-order chi connectivity index (χ0) is 14.3. The second-order valence-electron chi connectivity index (χ2n) is 5.06. The summed E-state index contributed by atoms with van der Waals surface area (Å²) in [6.07, 6.45) is 9.05. The topological polar surface area (TPSA) is 50.4 Å². The van der Waals surface area contributed by atoms with Crippen molar-refractivity contribution in [2.45, 2.75) is 52.9 Å². The molecule has 1 rings (SSSR count). The molecule has 0 saturated heterocycles. The molecule has 1 unspecified atom stereocenters. The molecule has 3 nitrogen and oxygen atoms in total. The van der Waals surface area contributed by atoms with Gasteiger partial charge in [-0.1, -0.05) is 39.5 Å². The molecular formula is C16H24O3. The van der Waals surface area contributed by atoms with Crippen LogP contribution in [-0.4, -0.2) is 11.1 Å². The molecule has 0 aliphatic rings. The van der Waals surface area contributed by atoms with E-state index in [0.29, 0.717) is 17.3 Å². The van der Waals surface area contributed by atoms with Gasteiger partial charge in [0.05, 0.1) is 6.26 Å². The van der Waals surface area contributed by atoms with Crippen LogP contribution in [0, 0.1) is 5.92 Å². The van der Waals surface area contributed by atoms with Gasteiger partial charge in [0.1, 0.15) is 5.76 Å². The first-order chi connectivity index (χ1) is 9.08. The van der Waals surface area contributed by atoms with Crippen LogP contribution in [-0.2, 0) is 11.2 Å². The highest BCUT2D eigenvalue weighted by atomic mass is 16.4. The fourth-order valence-electron chi connectivity index (χ4n) is 2.16. The van der Waals surface area contributed by atoms with Crippen molar-refractivity contribution in [3.05, 3.63) is 29.2 Å². The van der Waals surface area contributed by atoms with Gasteiger partial charge >= 0.3 is 5.97 Å². The van der Waals surface area contributed by atoms with Gasteiger partial charge in [0, 0.05) is 5.57 Å². The van der Waals surface area contributed by atoms with Gasteiger partial charge in [-0.05, 0) is 37.0 Å². The van der Waals surface area contributed by atoms with Gasteiger partial charge in [-0.2, -0.15) is 0 Å². The average molecular weight is 264 g/mol. The smallest absolute Gasteiger partial charge is 0.331 e. The summed E-state index contributed by atoms with van der Waals surface area (Å²) in [4.78, 5) is 10.8. The number of carboxylic acid groups (broad SMARTS) is 1. The van der Waals surface area contributed by atoms with Crippen LogP contribution in [0.2, 0.25) is 0 Å². The van der Waals surface area contributed by atoms with Crippen LogP contribution in [0.25, 0.3) is 6.08 Å². The lowest BCUT2D eigenvalue weighted by Gasteiger charge is -2.13. The third kappa shape index (κ3) is 4.93. The normalized spacial score (nSPS) is 13.5. The quantitative estimate of drug-likeness (QED) is 0.702. The Morgan fingerprint density at radius 3 is 2.79 bits per heavy atom. The molecule has 1 atom stereocenters. The first-order valence-electron chi connectivity index (χ1n) is 7.06. The van der Waals surface area contributed by atoms with E-state index in [4.69, 9.17) is 9.52 Å². The van der Waals surface area contributed by atoms with Gasteiger partial charge < -0.3 is 9.52 Å². The lowest BCUT2D eigenvalue weighted by Crippen LogP contribution is -2.04. The van der Waals surface area contributed by atoms with E-state index in [1.165, 1.54) is 19.3 Å². The predicted molar refractivity (Wildman–Crippen MR) is 77.0 cm³/mol. The number of aliphatic carboxylic acids is 1. The molecule has 19 heavy (non-hydrogen) atoms. The van der Waals surface area contributed by atoms with Gasteiger partial charge in [-0.3, -0.25) is 0 Å². The SMILES string of the molecule is CCCCC(CC)Cc1ccoc1C=C(C)C(=O)O. The summed E-state index contributed by atoms with van der Waals surface area (Å²) in [6.45, 7) is 6.00. The van der Waals surface area contributed by atoms with Crippen LogP contribution in [0.3, 0.4) is 0 Å². The number of carboxylic acids is 1. The van der Waals surface area contributed by atoms with Crippen molar-refractivity contribution in [3.63, 3.8) is 0 Å². The van der Waals surface area contributed by atoms with Crippen molar-refractivity contribution < 1.29 is 14.3 Å². The highest BCUT2D eigenvalue weighted by Crippen LogP contribution is 2.23. The Morgan fingerprint density at radius 2 is 2.21 bits per heavy atom. The Labute approximate surface area is 115 Å². The molecule has 1 heterocycles. The molecule has 1 aromatic rings. The van der Waals surface area contributed by atoms with Crippen LogP contribution < -0.4 is 0 Å². The second kappa shape index (κ2) is 7.82. The van der Waals surface area contributed by atoms with Crippen molar-refractivity contribution in [3.8, 4) is 0 Å². The average Bonchev–Trinajstić information content (AvgIpc) is 2.81. The van der Waals surface area contributed by atoms with Crippen molar-refractivity contribution in [2.75, 3.05) is 0 Å². The first-order valence-corrected chi connectivity index (χ1v) is 7.06. The fourth-order valence-corrected chi connectivity index (χ4v) is 2.16. The molecule has 106 valence electrons. The fraction of sp³-hybridized carbons (Fsp3) is 0.562. The Morgan fingerprint density at radius 1 is 1.47 bits per heavy atom. The molecule has 0 aliphatic carbocycles. The van der Waals surface area contributed by atoms with Gasteiger partial charge in [0.15, 0.2) is 0 Å². The third-order valence-corrected chi connectivity index (χ3v) is 3.52. The maximum atomic E-state index is 10.8. The number of furan rings is 1.